The number of hydrogen-bond acceptors (Lipinski definition) is 9. The van der Waals surface area contributed by atoms with Crippen LogP contribution in [0.25, 0.3) is 0 Å². The average molecular weight is 315 g/mol. The number of fused-ring (bicyclic) bond motifs is 1. The van der Waals surface area contributed by atoms with Gasteiger partial charge < -0.3 is 42.5 Å². The molecule has 1 aromatic heterocycles. The van der Waals surface area contributed by atoms with Crippen LogP contribution in [-0.2, 0) is 17.6 Å². The minimum absolute atomic E-state index is 0.0288. The Morgan fingerprint density at radius 1 is 1.48 bits per heavy atom. The van der Waals surface area contributed by atoms with Crippen LogP contribution in [0, 0.1) is 0 Å². The molecular formula is C10H13N5O5S. The van der Waals surface area contributed by atoms with Crippen molar-refractivity contribution in [1.29, 1.82) is 0 Å². The zero-order valence-corrected chi connectivity index (χ0v) is 11.4. The monoisotopic (exact) mass is 315 g/mol. The van der Waals surface area contributed by atoms with Crippen molar-refractivity contribution < 1.29 is 20.1 Å². The van der Waals surface area contributed by atoms with Gasteiger partial charge in [-0.1, -0.05) is 0 Å². The Bertz CT molecular complexity index is 666. The predicted molar refractivity (Wildman–Crippen MR) is 74.3 cm³/mol. The summed E-state index contributed by atoms with van der Waals surface area (Å²) in [6, 6.07) is 0. The van der Waals surface area contributed by atoms with Crippen LogP contribution in [0.1, 0.15) is 0 Å². The number of aliphatic hydroxyl groups is 3. The first-order chi connectivity index (χ1) is 9.88. The number of nitrogen functional groups attached to an aromatic ring is 1. The summed E-state index contributed by atoms with van der Waals surface area (Å²) in [5, 5.41) is 29.0. The van der Waals surface area contributed by atoms with Gasteiger partial charge in [-0.3, -0.25) is 9.78 Å². The van der Waals surface area contributed by atoms with E-state index in [-0.39, 0.29) is 17.5 Å². The number of rotatable bonds is 2. The number of H-pyrrole nitrogens is 1. The molecular weight excluding hydrogens is 302 g/mol. The van der Waals surface area contributed by atoms with Gasteiger partial charge in [-0.15, -0.1) is 0 Å². The second-order valence-electron chi connectivity index (χ2n) is 4.81. The molecule has 3 rings (SSSR count). The minimum atomic E-state index is -1.38. The first-order valence-electron chi connectivity index (χ1n) is 6.06. The van der Waals surface area contributed by atoms with E-state index in [1.807, 2.05) is 0 Å². The predicted octanol–water partition coefficient (Wildman–Crippen LogP) is -2.77. The Labute approximate surface area is 123 Å². The number of nitrogens with zero attached hydrogens (tertiary/aromatic N) is 3. The molecule has 0 amide bonds. The van der Waals surface area contributed by atoms with Crippen molar-refractivity contribution in [2.24, 2.45) is 4.99 Å². The van der Waals surface area contributed by atoms with Gasteiger partial charge in [0.15, 0.2) is 12.4 Å². The van der Waals surface area contributed by atoms with E-state index in [0.717, 1.165) is 0 Å². The van der Waals surface area contributed by atoms with Gasteiger partial charge in [-0.05, 0) is 0 Å². The molecule has 0 saturated carbocycles. The smallest absolute Gasteiger partial charge is 0.284 e. The summed E-state index contributed by atoms with van der Waals surface area (Å²) in [6.07, 6.45) is -3.62. The van der Waals surface area contributed by atoms with Crippen molar-refractivity contribution in [2.45, 2.75) is 24.5 Å². The lowest BCUT2D eigenvalue weighted by atomic mass is 10.1. The van der Waals surface area contributed by atoms with E-state index in [0.29, 0.717) is 0 Å². The number of nitrogens with one attached hydrogen (secondary N) is 1. The first kappa shape index (κ1) is 14.4. The third-order valence-electron chi connectivity index (χ3n) is 3.48. The van der Waals surface area contributed by atoms with Gasteiger partial charge in [-0.2, -0.15) is 9.98 Å². The van der Waals surface area contributed by atoms with Crippen LogP contribution >= 0.6 is 0 Å². The summed E-state index contributed by atoms with van der Waals surface area (Å²) in [4.78, 5) is 21.9. The molecule has 2 aliphatic heterocycles. The highest BCUT2D eigenvalue weighted by atomic mass is 32.1. The number of aromatic nitrogens is 2. The summed E-state index contributed by atoms with van der Waals surface area (Å²) in [5.74, 6) is -0.121. The van der Waals surface area contributed by atoms with E-state index in [1.54, 1.807) is 0 Å². The lowest BCUT2D eigenvalue weighted by Gasteiger charge is -2.40. The zero-order chi connectivity index (χ0) is 15.4. The fourth-order valence-electron chi connectivity index (χ4n) is 2.41. The Kier molecular flexibility index (Phi) is 3.27. The molecule has 0 aromatic carbocycles. The number of quaternary nitrogens is 1. The number of hydrogen-bond donors (Lipinski definition) is 5. The van der Waals surface area contributed by atoms with Crippen LogP contribution in [0.2, 0.25) is 0 Å². The van der Waals surface area contributed by atoms with E-state index in [2.05, 4.69) is 15.0 Å². The number of anilines is 1. The van der Waals surface area contributed by atoms with Crippen molar-refractivity contribution in [3.63, 3.8) is 0 Å². The van der Waals surface area contributed by atoms with Gasteiger partial charge in [-0.25, -0.2) is 0 Å². The highest BCUT2D eigenvalue weighted by Crippen LogP contribution is 2.39. The summed E-state index contributed by atoms with van der Waals surface area (Å²) in [6.45, 7) is -0.487. The molecule has 11 heteroatoms. The summed E-state index contributed by atoms with van der Waals surface area (Å²) in [5.41, 5.74) is 4.90. The molecule has 1 aromatic rings. The van der Waals surface area contributed by atoms with Crippen molar-refractivity contribution in [3.8, 4) is 0 Å². The summed E-state index contributed by atoms with van der Waals surface area (Å²) in [7, 11) is 0. The average Bonchev–Trinajstić information content (AvgIpc) is 2.91. The van der Waals surface area contributed by atoms with Gasteiger partial charge in [0.05, 0.1) is 6.61 Å². The maximum atomic E-state index is 11.8. The topological polar surface area (TPSA) is 154 Å². The molecule has 114 valence electrons. The van der Waals surface area contributed by atoms with E-state index in [4.69, 9.17) is 28.4 Å². The molecule has 10 nitrogen and oxygen atoms in total. The summed E-state index contributed by atoms with van der Waals surface area (Å²) >= 11 is 5.37. The van der Waals surface area contributed by atoms with Crippen LogP contribution < -0.4 is 15.2 Å². The number of ether oxygens (including phenoxy) is 1. The van der Waals surface area contributed by atoms with Crippen LogP contribution in [0.15, 0.2) is 9.79 Å². The third-order valence-corrected chi connectivity index (χ3v) is 3.95. The van der Waals surface area contributed by atoms with Crippen LogP contribution in [0.5, 0.6) is 0 Å². The van der Waals surface area contributed by atoms with E-state index in [9.17, 15) is 15.0 Å². The van der Waals surface area contributed by atoms with E-state index < -0.39 is 40.6 Å². The SMILES string of the molecule is Nc1nc2c(c(=O)[nH]1)N=C[N+]2([S-])[C@@H]1O[C@H](CO)[C@@H](O)[C@H]1O. The fraction of sp³-hybridized carbons (Fsp3) is 0.500. The van der Waals surface area contributed by atoms with Gasteiger partial charge in [0.25, 0.3) is 11.4 Å². The van der Waals surface area contributed by atoms with Crippen molar-refractivity contribution in [3.05, 3.63) is 10.4 Å². The van der Waals surface area contributed by atoms with Gasteiger partial charge >= 0.3 is 0 Å². The van der Waals surface area contributed by atoms with E-state index in [1.165, 1.54) is 6.34 Å². The minimum Gasteiger partial charge on any atom is -0.476 e. The van der Waals surface area contributed by atoms with Crippen LogP contribution in [0.3, 0.4) is 0 Å². The Morgan fingerprint density at radius 3 is 2.81 bits per heavy atom. The second-order valence-corrected chi connectivity index (χ2v) is 5.41. The van der Waals surface area contributed by atoms with E-state index >= 15 is 0 Å². The summed E-state index contributed by atoms with van der Waals surface area (Å²) < 4.78 is 4.72. The second kappa shape index (κ2) is 4.76. The molecule has 1 saturated heterocycles. The molecule has 21 heavy (non-hydrogen) atoms. The van der Waals surface area contributed by atoms with Crippen LogP contribution in [0.4, 0.5) is 17.5 Å². The number of nitrogens with two attached hydrogens (primary N) is 1. The lowest BCUT2D eigenvalue weighted by molar-refractivity contribution is -0.0437. The van der Waals surface area contributed by atoms with Crippen LogP contribution in [-0.4, -0.2) is 62.8 Å². The lowest BCUT2D eigenvalue weighted by Crippen LogP contribution is -2.56. The normalized spacial score (nSPS) is 37.9. The molecule has 0 spiro atoms. The molecule has 6 N–H and O–H groups in total. The third kappa shape index (κ3) is 1.97. The molecule has 5 atom stereocenters. The van der Waals surface area contributed by atoms with Crippen molar-refractivity contribution in [1.82, 2.24) is 13.9 Å². The Hall–Kier alpha value is -1.50. The van der Waals surface area contributed by atoms with Gasteiger partial charge in [0, 0.05) is 0 Å². The van der Waals surface area contributed by atoms with Crippen molar-refractivity contribution >= 4 is 36.6 Å². The highest BCUT2D eigenvalue weighted by Gasteiger charge is 2.52. The maximum absolute atomic E-state index is 11.8. The first-order valence-corrected chi connectivity index (χ1v) is 6.42. The number of aromatic amines is 1. The fourth-order valence-corrected chi connectivity index (χ4v) is 2.76. The van der Waals surface area contributed by atoms with Crippen molar-refractivity contribution in [2.75, 3.05) is 12.3 Å². The quantitative estimate of drug-likeness (QED) is 0.290. The molecule has 0 aliphatic carbocycles. The molecule has 2 aliphatic rings. The van der Waals surface area contributed by atoms with Gasteiger partial charge in [0.2, 0.25) is 17.9 Å². The molecule has 1 fully saturated rings. The standard InChI is InChI=1S/C10H13N5O5S/c11-10-13-7-4(8(19)14-10)12-2-15(7,21)9-6(18)5(17)3(1-16)20-9/h2-3,5-6,9,16-18H,1H2,(H3,11,13,14,19)/t3-,5-,6-,9-,15?/m1/s1. The Balaban J connectivity index is 2.06. The molecule has 0 bridgehead atoms. The molecule has 0 radical (unpaired) electrons. The largest absolute Gasteiger partial charge is 0.476 e. The number of aliphatic imine (C=N–C) groups is 1. The highest BCUT2D eigenvalue weighted by molar-refractivity contribution is 7.59. The number of aliphatic hydroxyl groups excluding tert-OH is 3. The maximum Gasteiger partial charge on any atom is 0.284 e. The van der Waals surface area contributed by atoms with Gasteiger partial charge in [0.1, 0.15) is 12.2 Å². The molecule has 1 unspecified atom stereocenters. The zero-order valence-electron chi connectivity index (χ0n) is 10.6. The Morgan fingerprint density at radius 2 is 2.19 bits per heavy atom. The molecule has 3 heterocycles.